The van der Waals surface area contributed by atoms with Gasteiger partial charge < -0.3 is 10.1 Å². The molecule has 1 aromatic carbocycles. The first-order valence-electron chi connectivity index (χ1n) is 5.37. The summed E-state index contributed by atoms with van der Waals surface area (Å²) in [4.78, 5) is 11.3. The summed E-state index contributed by atoms with van der Waals surface area (Å²) in [6.07, 6.45) is 2.79. The number of carbonyl (C=O) groups excluding carboxylic acids is 1. The Morgan fingerprint density at radius 1 is 1.38 bits per heavy atom. The maximum Gasteiger partial charge on any atom is 0.334 e. The molecule has 1 aliphatic heterocycles. The molecule has 84 valence electrons. The minimum Gasteiger partial charge on any atom is -0.466 e. The van der Waals surface area contributed by atoms with Gasteiger partial charge in [-0.2, -0.15) is 0 Å². The number of nitrogens with one attached hydrogen (secondary N) is 1. The molecule has 0 radical (unpaired) electrons. The summed E-state index contributed by atoms with van der Waals surface area (Å²) in [7, 11) is 1.41. The smallest absolute Gasteiger partial charge is 0.334 e. The van der Waals surface area contributed by atoms with Crippen LogP contribution in [0.2, 0.25) is 0 Å². The zero-order chi connectivity index (χ0) is 11.4. The molecule has 0 amide bonds. The lowest BCUT2D eigenvalue weighted by Gasteiger charge is -2.23. The molecular weight excluding hydrogens is 202 g/mol. The fourth-order valence-electron chi connectivity index (χ4n) is 1.87. The van der Waals surface area contributed by atoms with Crippen molar-refractivity contribution in [2.75, 3.05) is 13.7 Å². The van der Waals surface area contributed by atoms with Gasteiger partial charge >= 0.3 is 5.97 Å². The second kappa shape index (κ2) is 4.94. The molecule has 1 N–H and O–H groups in total. The zero-order valence-electron chi connectivity index (χ0n) is 9.27. The normalized spacial score (nSPS) is 20.1. The van der Waals surface area contributed by atoms with Crippen LogP contribution >= 0.6 is 0 Å². The van der Waals surface area contributed by atoms with E-state index in [-0.39, 0.29) is 5.97 Å². The summed E-state index contributed by atoms with van der Waals surface area (Å²) < 4.78 is 4.68. The minimum atomic E-state index is -0.237. The van der Waals surface area contributed by atoms with Crippen molar-refractivity contribution in [2.24, 2.45) is 0 Å². The van der Waals surface area contributed by atoms with Crippen LogP contribution in [-0.4, -0.2) is 19.6 Å². The van der Waals surface area contributed by atoms with E-state index in [0.29, 0.717) is 12.6 Å². The fraction of sp³-hybridized carbons (Fsp3) is 0.308. The van der Waals surface area contributed by atoms with Gasteiger partial charge in [0.15, 0.2) is 0 Å². The number of benzene rings is 1. The quantitative estimate of drug-likeness (QED) is 0.768. The van der Waals surface area contributed by atoms with E-state index in [9.17, 15) is 4.79 Å². The Hall–Kier alpha value is -1.61. The van der Waals surface area contributed by atoms with Crippen LogP contribution in [0, 0.1) is 0 Å². The molecule has 2 rings (SSSR count). The molecule has 16 heavy (non-hydrogen) atoms. The van der Waals surface area contributed by atoms with Crippen molar-refractivity contribution in [3.63, 3.8) is 0 Å². The lowest BCUT2D eigenvalue weighted by atomic mass is 9.98. The summed E-state index contributed by atoms with van der Waals surface area (Å²) in [6, 6.07) is 10.5. The summed E-state index contributed by atoms with van der Waals surface area (Å²) >= 11 is 0. The minimum absolute atomic E-state index is 0.237. The molecule has 1 aliphatic rings. The SMILES string of the molecule is COC(=O)C1=CCC(c2ccccc2)NC1. The largest absolute Gasteiger partial charge is 0.466 e. The van der Waals surface area contributed by atoms with Crippen LogP contribution in [0.4, 0.5) is 0 Å². The van der Waals surface area contributed by atoms with Gasteiger partial charge in [0.1, 0.15) is 0 Å². The summed E-state index contributed by atoms with van der Waals surface area (Å²) in [6.45, 7) is 0.576. The van der Waals surface area contributed by atoms with E-state index in [1.54, 1.807) is 0 Å². The summed E-state index contributed by atoms with van der Waals surface area (Å²) in [5.74, 6) is -0.237. The highest BCUT2D eigenvalue weighted by Crippen LogP contribution is 2.21. The first-order chi connectivity index (χ1) is 7.81. The van der Waals surface area contributed by atoms with Crippen molar-refractivity contribution in [3.8, 4) is 0 Å². The van der Waals surface area contributed by atoms with Crippen LogP contribution in [0.15, 0.2) is 42.0 Å². The van der Waals surface area contributed by atoms with E-state index in [1.807, 2.05) is 24.3 Å². The highest BCUT2D eigenvalue weighted by atomic mass is 16.5. The predicted octanol–water partition coefficient (Wildman–Crippen LogP) is 1.82. The number of hydrogen-bond acceptors (Lipinski definition) is 3. The number of methoxy groups -OCH3 is 1. The lowest BCUT2D eigenvalue weighted by molar-refractivity contribution is -0.136. The Balaban J connectivity index is 2.05. The first-order valence-corrected chi connectivity index (χ1v) is 5.37. The van der Waals surface area contributed by atoms with Crippen molar-refractivity contribution < 1.29 is 9.53 Å². The first kappa shape index (κ1) is 10.9. The van der Waals surface area contributed by atoms with Crippen LogP contribution in [0.3, 0.4) is 0 Å². The van der Waals surface area contributed by atoms with Crippen molar-refractivity contribution >= 4 is 5.97 Å². The molecule has 0 bridgehead atoms. The molecule has 1 aromatic rings. The number of rotatable bonds is 2. The van der Waals surface area contributed by atoms with Gasteiger partial charge in [-0.15, -0.1) is 0 Å². The van der Waals surface area contributed by atoms with Gasteiger partial charge in [-0.25, -0.2) is 4.79 Å². The van der Waals surface area contributed by atoms with E-state index in [4.69, 9.17) is 0 Å². The van der Waals surface area contributed by atoms with Gasteiger partial charge in [-0.3, -0.25) is 0 Å². The molecule has 0 spiro atoms. The van der Waals surface area contributed by atoms with Crippen molar-refractivity contribution in [3.05, 3.63) is 47.5 Å². The van der Waals surface area contributed by atoms with Crippen LogP contribution in [0.5, 0.6) is 0 Å². The third-order valence-electron chi connectivity index (χ3n) is 2.79. The highest BCUT2D eigenvalue weighted by molar-refractivity contribution is 5.89. The molecule has 0 saturated heterocycles. The zero-order valence-corrected chi connectivity index (χ0v) is 9.27. The van der Waals surface area contributed by atoms with Gasteiger partial charge in [-0.1, -0.05) is 36.4 Å². The molecule has 1 unspecified atom stereocenters. The van der Waals surface area contributed by atoms with E-state index in [1.165, 1.54) is 12.7 Å². The second-order valence-electron chi connectivity index (χ2n) is 3.80. The average Bonchev–Trinajstić information content (AvgIpc) is 2.39. The van der Waals surface area contributed by atoms with Gasteiger partial charge in [0.25, 0.3) is 0 Å². The van der Waals surface area contributed by atoms with E-state index >= 15 is 0 Å². The Kier molecular flexibility index (Phi) is 3.37. The topological polar surface area (TPSA) is 38.3 Å². The number of carbonyl (C=O) groups is 1. The number of ether oxygens (including phenoxy) is 1. The highest BCUT2D eigenvalue weighted by Gasteiger charge is 2.19. The van der Waals surface area contributed by atoms with Crippen molar-refractivity contribution in [1.82, 2.24) is 5.32 Å². The standard InChI is InChI=1S/C13H15NO2/c1-16-13(15)11-7-8-12(14-9-11)10-5-3-2-4-6-10/h2-7,12,14H,8-9H2,1H3. The van der Waals surface area contributed by atoms with Gasteiger partial charge in [0.2, 0.25) is 0 Å². The van der Waals surface area contributed by atoms with Crippen LogP contribution in [0.25, 0.3) is 0 Å². The molecule has 0 fully saturated rings. The van der Waals surface area contributed by atoms with E-state index < -0.39 is 0 Å². The average molecular weight is 217 g/mol. The third-order valence-corrected chi connectivity index (χ3v) is 2.79. The molecule has 3 heteroatoms. The maximum absolute atomic E-state index is 11.3. The lowest BCUT2D eigenvalue weighted by Crippen LogP contribution is -2.30. The van der Waals surface area contributed by atoms with Gasteiger partial charge in [-0.05, 0) is 12.0 Å². The number of esters is 1. The van der Waals surface area contributed by atoms with Crippen LogP contribution in [-0.2, 0) is 9.53 Å². The predicted molar refractivity (Wildman–Crippen MR) is 61.9 cm³/mol. The van der Waals surface area contributed by atoms with E-state index in [0.717, 1.165) is 12.0 Å². The maximum atomic E-state index is 11.3. The molecule has 1 atom stereocenters. The van der Waals surface area contributed by atoms with Gasteiger partial charge in [0.05, 0.1) is 7.11 Å². The Labute approximate surface area is 95.1 Å². The Bertz CT molecular complexity index is 398. The number of hydrogen-bond donors (Lipinski definition) is 1. The molecule has 0 aromatic heterocycles. The van der Waals surface area contributed by atoms with Gasteiger partial charge in [0, 0.05) is 18.2 Å². The second-order valence-corrected chi connectivity index (χ2v) is 3.80. The monoisotopic (exact) mass is 217 g/mol. The van der Waals surface area contributed by atoms with Crippen molar-refractivity contribution in [1.29, 1.82) is 0 Å². The summed E-state index contributed by atoms with van der Waals surface area (Å²) in [5, 5.41) is 3.33. The molecule has 3 nitrogen and oxygen atoms in total. The molecule has 0 saturated carbocycles. The Morgan fingerprint density at radius 3 is 2.69 bits per heavy atom. The molecule has 1 heterocycles. The van der Waals surface area contributed by atoms with Crippen molar-refractivity contribution in [2.45, 2.75) is 12.5 Å². The fourth-order valence-corrected chi connectivity index (χ4v) is 1.87. The molecule has 0 aliphatic carbocycles. The third kappa shape index (κ3) is 2.31. The van der Waals surface area contributed by atoms with Crippen LogP contribution < -0.4 is 5.32 Å². The Morgan fingerprint density at radius 2 is 2.12 bits per heavy atom. The molecular formula is C13H15NO2. The summed E-state index contributed by atoms with van der Waals surface area (Å²) in [5.41, 5.74) is 1.97. The van der Waals surface area contributed by atoms with E-state index in [2.05, 4.69) is 22.2 Å². The van der Waals surface area contributed by atoms with Crippen LogP contribution in [0.1, 0.15) is 18.0 Å².